The molecule has 1 atom stereocenters. The minimum absolute atomic E-state index is 0. The highest BCUT2D eigenvalue weighted by Gasteiger charge is 2.39. The van der Waals surface area contributed by atoms with Crippen LogP contribution >= 0.6 is 12.4 Å². The topological polar surface area (TPSA) is 47.3 Å². The zero-order valence-electron chi connectivity index (χ0n) is 10.1. The van der Waals surface area contributed by atoms with E-state index in [0.717, 1.165) is 25.6 Å². The van der Waals surface area contributed by atoms with Gasteiger partial charge in [-0.1, -0.05) is 0 Å². The molecule has 1 aliphatic carbocycles. The molecule has 15 heavy (non-hydrogen) atoms. The molecule has 1 fully saturated rings. The molecular formula is C11H25ClN2O. The first-order valence-electron chi connectivity index (χ1n) is 5.65. The second-order valence-electron chi connectivity index (χ2n) is 4.74. The van der Waals surface area contributed by atoms with Gasteiger partial charge < -0.3 is 15.8 Å². The molecular weight excluding hydrogens is 212 g/mol. The Labute approximate surface area is 99.5 Å². The molecule has 3 nitrogen and oxygen atoms in total. The average Bonchev–Trinajstić information content (AvgIpc) is 2.95. The Morgan fingerprint density at radius 1 is 1.47 bits per heavy atom. The van der Waals surface area contributed by atoms with Gasteiger partial charge in [0.05, 0.1) is 12.7 Å². The normalized spacial score (nSPS) is 19.8. The van der Waals surface area contributed by atoms with Crippen LogP contribution in [0.2, 0.25) is 0 Å². The highest BCUT2D eigenvalue weighted by atomic mass is 35.5. The molecule has 0 aromatic heterocycles. The highest BCUT2D eigenvalue weighted by Crippen LogP contribution is 2.38. The Morgan fingerprint density at radius 3 is 2.47 bits per heavy atom. The first-order chi connectivity index (χ1) is 6.58. The maximum atomic E-state index is 5.79. The molecule has 0 aromatic rings. The predicted molar refractivity (Wildman–Crippen MR) is 66.5 cm³/mol. The molecule has 0 aromatic carbocycles. The Bertz CT molecular complexity index is 174. The largest absolute Gasteiger partial charge is 0.377 e. The van der Waals surface area contributed by atoms with Crippen molar-refractivity contribution in [1.82, 2.24) is 5.32 Å². The van der Waals surface area contributed by atoms with Gasteiger partial charge in [0, 0.05) is 18.6 Å². The van der Waals surface area contributed by atoms with E-state index in [1.807, 2.05) is 0 Å². The van der Waals surface area contributed by atoms with Gasteiger partial charge in [0.1, 0.15) is 0 Å². The quantitative estimate of drug-likeness (QED) is 0.660. The van der Waals surface area contributed by atoms with E-state index in [9.17, 15) is 0 Å². The summed E-state index contributed by atoms with van der Waals surface area (Å²) in [6, 6.07) is 0. The van der Waals surface area contributed by atoms with Crippen molar-refractivity contribution in [3.63, 3.8) is 0 Å². The SMILES string of the molecule is CC(C)OCCNC(C)(CN)C1CC1.Cl. The molecule has 0 bridgehead atoms. The van der Waals surface area contributed by atoms with Crippen molar-refractivity contribution < 1.29 is 4.74 Å². The van der Waals surface area contributed by atoms with Crippen molar-refractivity contribution >= 4 is 12.4 Å². The van der Waals surface area contributed by atoms with E-state index in [-0.39, 0.29) is 17.9 Å². The summed E-state index contributed by atoms with van der Waals surface area (Å²) < 4.78 is 5.48. The van der Waals surface area contributed by atoms with Crippen molar-refractivity contribution in [2.24, 2.45) is 11.7 Å². The van der Waals surface area contributed by atoms with Crippen LogP contribution in [-0.4, -0.2) is 31.3 Å². The van der Waals surface area contributed by atoms with E-state index in [1.54, 1.807) is 0 Å². The number of ether oxygens (including phenoxy) is 1. The van der Waals surface area contributed by atoms with E-state index in [0.29, 0.717) is 6.10 Å². The molecule has 3 N–H and O–H groups in total. The fourth-order valence-electron chi connectivity index (χ4n) is 1.73. The third kappa shape index (κ3) is 5.16. The fourth-order valence-corrected chi connectivity index (χ4v) is 1.73. The molecule has 0 spiro atoms. The van der Waals surface area contributed by atoms with Gasteiger partial charge in [-0.15, -0.1) is 12.4 Å². The minimum Gasteiger partial charge on any atom is -0.377 e. The number of halogens is 1. The van der Waals surface area contributed by atoms with Crippen molar-refractivity contribution in [2.45, 2.75) is 45.3 Å². The molecule has 1 saturated carbocycles. The van der Waals surface area contributed by atoms with Crippen LogP contribution in [0.3, 0.4) is 0 Å². The van der Waals surface area contributed by atoms with Crippen LogP contribution in [-0.2, 0) is 4.74 Å². The Balaban J connectivity index is 0.00000196. The molecule has 0 radical (unpaired) electrons. The number of hydrogen-bond donors (Lipinski definition) is 2. The Hall–Kier alpha value is 0.170. The summed E-state index contributed by atoms with van der Waals surface area (Å²) in [5.74, 6) is 0.784. The van der Waals surface area contributed by atoms with Crippen molar-refractivity contribution in [3.05, 3.63) is 0 Å². The van der Waals surface area contributed by atoms with Gasteiger partial charge in [-0.2, -0.15) is 0 Å². The van der Waals surface area contributed by atoms with Gasteiger partial charge in [-0.25, -0.2) is 0 Å². The summed E-state index contributed by atoms with van der Waals surface area (Å²) in [5, 5.41) is 3.51. The maximum Gasteiger partial charge on any atom is 0.0594 e. The number of hydrogen-bond acceptors (Lipinski definition) is 3. The van der Waals surface area contributed by atoms with Crippen LogP contribution in [0.15, 0.2) is 0 Å². The van der Waals surface area contributed by atoms with Crippen LogP contribution in [0, 0.1) is 5.92 Å². The molecule has 1 unspecified atom stereocenters. The zero-order valence-corrected chi connectivity index (χ0v) is 10.9. The van der Waals surface area contributed by atoms with Crippen LogP contribution in [0.25, 0.3) is 0 Å². The molecule has 0 saturated heterocycles. The molecule has 92 valence electrons. The van der Waals surface area contributed by atoms with E-state index in [4.69, 9.17) is 10.5 Å². The van der Waals surface area contributed by atoms with Gasteiger partial charge in [-0.3, -0.25) is 0 Å². The number of nitrogens with one attached hydrogen (secondary N) is 1. The van der Waals surface area contributed by atoms with Crippen LogP contribution in [0.1, 0.15) is 33.6 Å². The van der Waals surface area contributed by atoms with Crippen LogP contribution in [0.5, 0.6) is 0 Å². The molecule has 0 amide bonds. The van der Waals surface area contributed by atoms with Gasteiger partial charge in [0.15, 0.2) is 0 Å². The lowest BCUT2D eigenvalue weighted by molar-refractivity contribution is 0.0755. The molecule has 0 aliphatic heterocycles. The summed E-state index contributed by atoms with van der Waals surface area (Å²) in [6.45, 7) is 8.74. The van der Waals surface area contributed by atoms with E-state index in [1.165, 1.54) is 12.8 Å². The van der Waals surface area contributed by atoms with Crippen LogP contribution < -0.4 is 11.1 Å². The van der Waals surface area contributed by atoms with Crippen molar-refractivity contribution in [2.75, 3.05) is 19.7 Å². The number of rotatable bonds is 7. The lowest BCUT2D eigenvalue weighted by Crippen LogP contribution is -2.51. The van der Waals surface area contributed by atoms with Crippen LogP contribution in [0.4, 0.5) is 0 Å². The summed E-state index contributed by atoms with van der Waals surface area (Å²) >= 11 is 0. The molecule has 1 rings (SSSR count). The minimum atomic E-state index is 0. The van der Waals surface area contributed by atoms with E-state index >= 15 is 0 Å². The first-order valence-corrected chi connectivity index (χ1v) is 5.65. The Kier molecular flexibility index (Phi) is 6.76. The summed E-state index contributed by atoms with van der Waals surface area (Å²) in [4.78, 5) is 0. The molecule has 1 aliphatic rings. The summed E-state index contributed by atoms with van der Waals surface area (Å²) in [7, 11) is 0. The summed E-state index contributed by atoms with van der Waals surface area (Å²) in [5.41, 5.74) is 5.93. The van der Waals surface area contributed by atoms with Gasteiger partial charge in [0.25, 0.3) is 0 Å². The fraction of sp³-hybridized carbons (Fsp3) is 1.00. The number of nitrogens with two attached hydrogens (primary N) is 1. The highest BCUT2D eigenvalue weighted by molar-refractivity contribution is 5.85. The average molecular weight is 237 g/mol. The van der Waals surface area contributed by atoms with Gasteiger partial charge in [-0.05, 0) is 39.5 Å². The second kappa shape index (κ2) is 6.69. The van der Waals surface area contributed by atoms with E-state index < -0.39 is 0 Å². The van der Waals surface area contributed by atoms with Gasteiger partial charge in [0.2, 0.25) is 0 Å². The lowest BCUT2D eigenvalue weighted by Gasteiger charge is -2.29. The molecule has 0 heterocycles. The third-order valence-electron chi connectivity index (χ3n) is 2.98. The maximum absolute atomic E-state index is 5.79. The van der Waals surface area contributed by atoms with E-state index in [2.05, 4.69) is 26.1 Å². The monoisotopic (exact) mass is 236 g/mol. The zero-order chi connectivity index (χ0) is 10.6. The second-order valence-corrected chi connectivity index (χ2v) is 4.74. The van der Waals surface area contributed by atoms with Crippen molar-refractivity contribution in [3.8, 4) is 0 Å². The first kappa shape index (κ1) is 15.2. The summed E-state index contributed by atoms with van der Waals surface area (Å²) in [6.07, 6.45) is 2.97. The van der Waals surface area contributed by atoms with Crippen molar-refractivity contribution in [1.29, 1.82) is 0 Å². The third-order valence-corrected chi connectivity index (χ3v) is 2.98. The van der Waals surface area contributed by atoms with Gasteiger partial charge >= 0.3 is 0 Å². The molecule has 4 heteroatoms. The predicted octanol–water partition coefficient (Wildman–Crippen LogP) is 1.55. The smallest absolute Gasteiger partial charge is 0.0594 e. The standard InChI is InChI=1S/C11H24N2O.ClH/c1-9(2)14-7-6-13-11(3,8-12)10-4-5-10;/h9-10,13H,4-8,12H2,1-3H3;1H. The lowest BCUT2D eigenvalue weighted by atomic mass is 9.96. The Morgan fingerprint density at radius 2 is 2.07 bits per heavy atom.